The number of nitrogens with zero attached hydrogens (tertiary/aromatic N) is 1. The van der Waals surface area contributed by atoms with Gasteiger partial charge in [-0.1, -0.05) is 25.7 Å². The van der Waals surface area contributed by atoms with Gasteiger partial charge in [0.25, 0.3) is 0 Å². The third kappa shape index (κ3) is 4.21. The summed E-state index contributed by atoms with van der Waals surface area (Å²) >= 11 is 0. The topological polar surface area (TPSA) is 79.7 Å². The minimum absolute atomic E-state index is 0.0149. The van der Waals surface area contributed by atoms with Crippen molar-refractivity contribution in [1.29, 1.82) is 0 Å². The van der Waals surface area contributed by atoms with E-state index < -0.39 is 12.1 Å². The average molecular weight is 265 g/mol. The molecule has 5 heteroatoms. The highest BCUT2D eigenvalue weighted by atomic mass is 16.5. The lowest BCUT2D eigenvalue weighted by Gasteiger charge is -2.15. The van der Waals surface area contributed by atoms with Crippen molar-refractivity contribution in [1.82, 2.24) is 4.98 Å². The van der Waals surface area contributed by atoms with Crippen LogP contribution in [0.5, 0.6) is 5.75 Å². The summed E-state index contributed by atoms with van der Waals surface area (Å²) in [4.78, 5) is 14.4. The number of hydrogen-bond acceptors (Lipinski definition) is 4. The summed E-state index contributed by atoms with van der Waals surface area (Å²) in [5, 5.41) is 18.6. The Labute approximate surface area is 112 Å². The van der Waals surface area contributed by atoms with E-state index in [9.17, 15) is 9.90 Å². The minimum atomic E-state index is -1.06. The first-order valence-electron chi connectivity index (χ1n) is 6.65. The van der Waals surface area contributed by atoms with Crippen molar-refractivity contribution in [3.63, 3.8) is 0 Å². The van der Waals surface area contributed by atoms with E-state index in [1.807, 2.05) is 0 Å². The predicted octanol–water partition coefficient (Wildman–Crippen LogP) is 2.10. The Balaban J connectivity index is 1.76. The molecular formula is C14H19NO4. The number of aromatic nitrogens is 1. The summed E-state index contributed by atoms with van der Waals surface area (Å²) in [5.74, 6) is 0.0365. The summed E-state index contributed by atoms with van der Waals surface area (Å²) in [5.41, 5.74) is -0.0149. The molecule has 0 bridgehead atoms. The third-order valence-electron chi connectivity index (χ3n) is 3.48. The lowest BCUT2D eigenvalue weighted by molar-refractivity contribution is 0.0689. The summed E-state index contributed by atoms with van der Waals surface area (Å²) < 4.78 is 5.41. The van der Waals surface area contributed by atoms with Gasteiger partial charge in [0.1, 0.15) is 18.1 Å². The van der Waals surface area contributed by atoms with Crippen LogP contribution < -0.4 is 4.74 Å². The van der Waals surface area contributed by atoms with Crippen LogP contribution in [-0.2, 0) is 0 Å². The van der Waals surface area contributed by atoms with Crippen LogP contribution in [0.1, 0.15) is 42.6 Å². The van der Waals surface area contributed by atoms with Crippen molar-refractivity contribution in [2.45, 2.75) is 38.2 Å². The number of carboxylic acids is 1. The molecule has 5 nitrogen and oxygen atoms in total. The molecule has 1 aliphatic carbocycles. The number of aromatic carboxylic acids is 1. The molecular weight excluding hydrogens is 246 g/mol. The van der Waals surface area contributed by atoms with E-state index in [0.29, 0.717) is 11.7 Å². The monoisotopic (exact) mass is 265 g/mol. The maximum Gasteiger partial charge on any atom is 0.354 e. The zero-order chi connectivity index (χ0) is 13.7. The third-order valence-corrected chi connectivity index (χ3v) is 3.48. The molecule has 0 amide bonds. The molecule has 1 aromatic heterocycles. The Morgan fingerprint density at radius 3 is 2.74 bits per heavy atom. The summed E-state index contributed by atoms with van der Waals surface area (Å²) in [7, 11) is 0. The normalized spacial score (nSPS) is 17.3. The number of carboxylic acid groups (broad SMARTS) is 1. The molecule has 1 saturated carbocycles. The smallest absolute Gasteiger partial charge is 0.354 e. The summed E-state index contributed by atoms with van der Waals surface area (Å²) in [6.07, 6.45) is 6.60. The Kier molecular flexibility index (Phi) is 4.74. The number of pyridine rings is 1. The van der Waals surface area contributed by atoms with E-state index in [4.69, 9.17) is 9.84 Å². The maximum atomic E-state index is 10.6. The van der Waals surface area contributed by atoms with Gasteiger partial charge in [0.05, 0.1) is 12.3 Å². The Hall–Kier alpha value is -1.62. The number of aliphatic hydroxyl groups excluding tert-OH is 1. The Bertz CT molecular complexity index is 412. The van der Waals surface area contributed by atoms with Crippen molar-refractivity contribution in [2.24, 2.45) is 5.92 Å². The van der Waals surface area contributed by atoms with Crippen LogP contribution in [0.15, 0.2) is 18.3 Å². The molecule has 0 saturated heterocycles. The number of ether oxygens (including phenoxy) is 1. The van der Waals surface area contributed by atoms with Crippen molar-refractivity contribution in [3.8, 4) is 5.75 Å². The zero-order valence-electron chi connectivity index (χ0n) is 10.8. The molecule has 1 aliphatic rings. The lowest BCUT2D eigenvalue weighted by atomic mass is 10.0. The molecule has 104 valence electrons. The van der Waals surface area contributed by atoms with Gasteiger partial charge in [0.15, 0.2) is 0 Å². The molecule has 2 N–H and O–H groups in total. The van der Waals surface area contributed by atoms with E-state index in [1.165, 1.54) is 37.9 Å². The van der Waals surface area contributed by atoms with Gasteiger partial charge in [-0.25, -0.2) is 9.78 Å². The van der Waals surface area contributed by atoms with Crippen LogP contribution in [0.3, 0.4) is 0 Å². The Morgan fingerprint density at radius 1 is 1.42 bits per heavy atom. The minimum Gasteiger partial charge on any atom is -0.489 e. The first-order chi connectivity index (χ1) is 9.15. The second-order valence-electron chi connectivity index (χ2n) is 5.04. The van der Waals surface area contributed by atoms with Crippen LogP contribution in [0.2, 0.25) is 0 Å². The number of rotatable bonds is 6. The molecule has 19 heavy (non-hydrogen) atoms. The van der Waals surface area contributed by atoms with Crippen LogP contribution in [-0.4, -0.2) is 33.9 Å². The largest absolute Gasteiger partial charge is 0.489 e. The first-order valence-corrected chi connectivity index (χ1v) is 6.65. The van der Waals surface area contributed by atoms with Crippen LogP contribution in [0.25, 0.3) is 0 Å². The average Bonchev–Trinajstić information content (AvgIpc) is 2.89. The van der Waals surface area contributed by atoms with Crippen molar-refractivity contribution >= 4 is 5.97 Å². The SMILES string of the molecule is O=C(O)c1ccc(OCC(O)CC2CCCC2)cn1. The number of aliphatic hydroxyl groups is 1. The standard InChI is InChI=1S/C14H19NO4/c16-11(7-10-3-1-2-4-10)9-19-12-5-6-13(14(17)18)15-8-12/h5-6,8,10-11,16H,1-4,7,9H2,(H,17,18). The van der Waals surface area contributed by atoms with Gasteiger partial charge in [-0.3, -0.25) is 0 Å². The van der Waals surface area contributed by atoms with Crippen LogP contribution in [0, 0.1) is 5.92 Å². The van der Waals surface area contributed by atoms with Crippen LogP contribution >= 0.6 is 0 Å². The predicted molar refractivity (Wildman–Crippen MR) is 69.3 cm³/mol. The molecule has 1 heterocycles. The highest BCUT2D eigenvalue weighted by molar-refractivity contribution is 5.85. The molecule has 0 aromatic carbocycles. The molecule has 1 aromatic rings. The van der Waals surface area contributed by atoms with Crippen LogP contribution in [0.4, 0.5) is 0 Å². The van der Waals surface area contributed by atoms with Gasteiger partial charge < -0.3 is 14.9 Å². The van der Waals surface area contributed by atoms with Crippen molar-refractivity contribution < 1.29 is 19.7 Å². The highest BCUT2D eigenvalue weighted by Crippen LogP contribution is 2.28. The molecule has 0 aliphatic heterocycles. The second-order valence-corrected chi connectivity index (χ2v) is 5.04. The van der Waals surface area contributed by atoms with Gasteiger partial charge in [0, 0.05) is 0 Å². The van der Waals surface area contributed by atoms with E-state index in [-0.39, 0.29) is 12.3 Å². The van der Waals surface area contributed by atoms with E-state index >= 15 is 0 Å². The summed E-state index contributed by atoms with van der Waals surface area (Å²) in [6, 6.07) is 2.94. The molecule has 0 spiro atoms. The summed E-state index contributed by atoms with van der Waals surface area (Å²) in [6.45, 7) is 0.227. The second kappa shape index (κ2) is 6.52. The fraction of sp³-hybridized carbons (Fsp3) is 0.571. The molecule has 2 rings (SSSR count). The molecule has 0 radical (unpaired) electrons. The van der Waals surface area contributed by atoms with Crippen molar-refractivity contribution in [3.05, 3.63) is 24.0 Å². The molecule has 1 fully saturated rings. The van der Waals surface area contributed by atoms with E-state index in [2.05, 4.69) is 4.98 Å². The lowest BCUT2D eigenvalue weighted by Crippen LogP contribution is -2.20. The van der Waals surface area contributed by atoms with E-state index in [0.717, 1.165) is 6.42 Å². The quantitative estimate of drug-likeness (QED) is 0.823. The number of carbonyl (C=O) groups is 1. The van der Waals surface area contributed by atoms with Gasteiger partial charge in [-0.2, -0.15) is 0 Å². The maximum absolute atomic E-state index is 10.6. The first kappa shape index (κ1) is 13.8. The zero-order valence-corrected chi connectivity index (χ0v) is 10.8. The van der Waals surface area contributed by atoms with Gasteiger partial charge >= 0.3 is 5.97 Å². The Morgan fingerprint density at radius 2 is 2.16 bits per heavy atom. The van der Waals surface area contributed by atoms with Gasteiger partial charge in [-0.05, 0) is 24.5 Å². The molecule has 1 atom stereocenters. The van der Waals surface area contributed by atoms with Crippen molar-refractivity contribution in [2.75, 3.05) is 6.61 Å². The van der Waals surface area contributed by atoms with E-state index in [1.54, 1.807) is 6.07 Å². The van der Waals surface area contributed by atoms with Gasteiger partial charge in [0.2, 0.25) is 0 Å². The highest BCUT2D eigenvalue weighted by Gasteiger charge is 2.19. The fourth-order valence-electron chi connectivity index (χ4n) is 2.48. The van der Waals surface area contributed by atoms with Gasteiger partial charge in [-0.15, -0.1) is 0 Å². The fourth-order valence-corrected chi connectivity index (χ4v) is 2.48. The number of hydrogen-bond donors (Lipinski definition) is 2. The molecule has 1 unspecified atom stereocenters.